The summed E-state index contributed by atoms with van der Waals surface area (Å²) in [5.41, 5.74) is 5.13. The highest BCUT2D eigenvalue weighted by Crippen LogP contribution is 2.63. The van der Waals surface area contributed by atoms with Crippen molar-refractivity contribution in [2.24, 2.45) is 0 Å². The number of methoxy groups -OCH3 is 1. The van der Waals surface area contributed by atoms with Crippen LogP contribution in [0.2, 0.25) is 0 Å². The second-order valence-corrected chi connectivity index (χ2v) is 14.6. The minimum Gasteiger partial charge on any atom is -0.432 e. The molecule has 0 aromatic carbocycles. The fourth-order valence-corrected chi connectivity index (χ4v) is 7.77. The lowest BCUT2D eigenvalue weighted by molar-refractivity contribution is -0.0625. The van der Waals surface area contributed by atoms with E-state index in [1.807, 2.05) is 0 Å². The topological polar surface area (TPSA) is 264 Å². The molecule has 5 rings (SSSR count). The molecule has 8 atom stereocenters. The second-order valence-electron chi connectivity index (χ2n) is 10.6. The first-order valence-corrected chi connectivity index (χ1v) is 17.3. The standard InChI is InChI=1S/C25H34N7O13PS/c1-12(2)42-25(37)40-11-47-46(38,45-19-14(7-33)44-23(20(19)39-3)31-5-4-16(35)30-24(31)36)41-8-15-13(34)6-17(43-15)32-10-29-18-21(26)27-9-28-22(18)32/h4-5,9-10,12-15,17,19-20,23,33-34H,6-8,11H2,1-3H3,(H2,26,27,28)(H,30,35,36)/t13?,14-,15-,17-,19?,20+,23-,46+/m1/s1. The first-order chi connectivity index (χ1) is 22.4. The first-order valence-electron chi connectivity index (χ1n) is 14.2. The normalized spacial score (nSPS) is 27.3. The average molecular weight is 704 g/mol. The summed E-state index contributed by atoms with van der Waals surface area (Å²) in [7, 11) is 1.28. The number of ether oxygens (including phenoxy) is 5. The van der Waals surface area contributed by atoms with Crippen LogP contribution in [0.15, 0.2) is 34.5 Å². The predicted octanol–water partition coefficient (Wildman–Crippen LogP) is 0.274. The van der Waals surface area contributed by atoms with Crippen LogP contribution in [0.1, 0.15) is 32.7 Å². The Morgan fingerprint density at radius 3 is 2.70 bits per heavy atom. The Kier molecular flexibility index (Phi) is 11.0. The third kappa shape index (κ3) is 7.85. The van der Waals surface area contributed by atoms with E-state index >= 15 is 0 Å². The molecule has 0 amide bonds. The number of nitrogens with two attached hydrogens (primary N) is 1. The quantitative estimate of drug-likeness (QED) is 0.106. The maximum absolute atomic E-state index is 14.2. The van der Waals surface area contributed by atoms with Crippen LogP contribution in [-0.4, -0.2) is 108 Å². The maximum atomic E-state index is 14.2. The number of imidazole rings is 1. The molecule has 2 aliphatic rings. The van der Waals surface area contributed by atoms with Gasteiger partial charge in [-0.05, 0) is 13.8 Å². The van der Waals surface area contributed by atoms with E-state index in [-0.39, 0.29) is 12.2 Å². The van der Waals surface area contributed by atoms with Crippen LogP contribution in [0, 0.1) is 0 Å². The summed E-state index contributed by atoms with van der Waals surface area (Å²) in [4.78, 5) is 50.5. The van der Waals surface area contributed by atoms with Gasteiger partial charge in [-0.25, -0.2) is 29.1 Å². The minimum absolute atomic E-state index is 0.0935. The van der Waals surface area contributed by atoms with Crippen LogP contribution in [0.3, 0.4) is 0 Å². The molecule has 5 N–H and O–H groups in total. The Morgan fingerprint density at radius 2 is 2.00 bits per heavy atom. The number of carbonyl (C=O) groups is 1. The monoisotopic (exact) mass is 703 g/mol. The van der Waals surface area contributed by atoms with Crippen LogP contribution in [-0.2, 0) is 37.3 Å². The number of H-pyrrole nitrogens is 1. The fraction of sp³-hybridized carbons (Fsp3) is 0.600. The smallest absolute Gasteiger partial charge is 0.432 e. The summed E-state index contributed by atoms with van der Waals surface area (Å²) in [6.07, 6.45) is -5.23. The highest BCUT2D eigenvalue weighted by Gasteiger charge is 2.51. The number of fused-ring (bicyclic) bond motifs is 1. The average Bonchev–Trinajstić information content (AvgIpc) is 3.71. The zero-order chi connectivity index (χ0) is 33.9. The third-order valence-corrected chi connectivity index (χ3v) is 10.5. The van der Waals surface area contributed by atoms with Gasteiger partial charge in [0.25, 0.3) is 5.56 Å². The Bertz CT molecular complexity index is 1720. The molecular weight excluding hydrogens is 669 g/mol. The Balaban J connectivity index is 1.34. The van der Waals surface area contributed by atoms with Gasteiger partial charge in [0.15, 0.2) is 23.6 Å². The third-order valence-electron chi connectivity index (χ3n) is 7.13. The van der Waals surface area contributed by atoms with Gasteiger partial charge in [0.1, 0.15) is 42.5 Å². The van der Waals surface area contributed by atoms with E-state index in [1.54, 1.807) is 18.4 Å². The summed E-state index contributed by atoms with van der Waals surface area (Å²) in [5, 5.41) is 20.9. The highest BCUT2D eigenvalue weighted by molar-refractivity contribution is 8.55. The molecule has 0 radical (unpaired) electrons. The van der Waals surface area contributed by atoms with Crippen molar-refractivity contribution < 1.29 is 52.3 Å². The number of anilines is 1. The van der Waals surface area contributed by atoms with Gasteiger partial charge in [-0.1, -0.05) is 0 Å². The molecule has 20 nitrogen and oxygen atoms in total. The van der Waals surface area contributed by atoms with Gasteiger partial charge in [-0.2, -0.15) is 0 Å². The fourth-order valence-electron chi connectivity index (χ4n) is 4.98. The van der Waals surface area contributed by atoms with Crippen molar-refractivity contribution in [2.75, 3.05) is 32.0 Å². The number of aliphatic hydroxyl groups is 2. The molecular formula is C25H34N7O13PS. The van der Waals surface area contributed by atoms with Gasteiger partial charge >= 0.3 is 18.6 Å². The van der Waals surface area contributed by atoms with Gasteiger partial charge in [-0.15, -0.1) is 0 Å². The van der Waals surface area contributed by atoms with Crippen molar-refractivity contribution in [1.29, 1.82) is 0 Å². The summed E-state index contributed by atoms with van der Waals surface area (Å²) in [6, 6.07) is 1.09. The summed E-state index contributed by atoms with van der Waals surface area (Å²) in [6.45, 7) is -2.26. The summed E-state index contributed by atoms with van der Waals surface area (Å²) >= 11 is 0.476. The molecule has 0 bridgehead atoms. The molecule has 0 saturated carbocycles. The van der Waals surface area contributed by atoms with E-state index in [4.69, 9.17) is 38.5 Å². The number of aliphatic hydroxyl groups excluding tert-OH is 2. The van der Waals surface area contributed by atoms with Crippen LogP contribution in [0.4, 0.5) is 10.6 Å². The second kappa shape index (κ2) is 14.8. The molecule has 2 fully saturated rings. The number of aromatic amines is 1. The molecule has 258 valence electrons. The number of nitrogens with zero attached hydrogens (tertiary/aromatic N) is 5. The van der Waals surface area contributed by atoms with E-state index in [0.29, 0.717) is 22.5 Å². The van der Waals surface area contributed by atoms with E-state index in [1.165, 1.54) is 26.0 Å². The van der Waals surface area contributed by atoms with Crippen molar-refractivity contribution in [3.8, 4) is 0 Å². The lowest BCUT2D eigenvalue weighted by Gasteiger charge is -2.28. The van der Waals surface area contributed by atoms with Crippen molar-refractivity contribution in [3.63, 3.8) is 0 Å². The van der Waals surface area contributed by atoms with Crippen molar-refractivity contribution >= 4 is 41.3 Å². The lowest BCUT2D eigenvalue weighted by Crippen LogP contribution is -2.39. The number of nitrogen functional groups attached to an aromatic ring is 1. The zero-order valence-electron chi connectivity index (χ0n) is 25.3. The van der Waals surface area contributed by atoms with Gasteiger partial charge < -0.3 is 39.6 Å². The van der Waals surface area contributed by atoms with E-state index in [0.717, 1.165) is 10.6 Å². The van der Waals surface area contributed by atoms with E-state index in [2.05, 4.69) is 19.9 Å². The minimum atomic E-state index is -4.38. The first kappa shape index (κ1) is 34.9. The highest BCUT2D eigenvalue weighted by atomic mass is 32.7. The zero-order valence-corrected chi connectivity index (χ0v) is 27.0. The molecule has 47 heavy (non-hydrogen) atoms. The number of nitrogens with one attached hydrogen (secondary N) is 1. The van der Waals surface area contributed by atoms with E-state index in [9.17, 15) is 29.2 Å². The molecule has 22 heteroatoms. The predicted molar refractivity (Wildman–Crippen MR) is 161 cm³/mol. The van der Waals surface area contributed by atoms with Crippen LogP contribution < -0.4 is 17.0 Å². The Labute approximate surface area is 269 Å². The number of hydrogen-bond donors (Lipinski definition) is 4. The van der Waals surface area contributed by atoms with Gasteiger partial charge in [0.05, 0.1) is 31.7 Å². The molecule has 3 aromatic rings. The number of aromatic nitrogens is 6. The SMILES string of the molecule is CO[C@H]1C(O[P@](=O)(OC[C@H]2O[C@@H](n3cnc4c(N)ncnc43)CC2O)SCOC(=O)OC(C)C)[C@@H](CO)O[C@H]1n1ccc(=O)[nH]c1=O. The number of rotatable bonds is 13. The number of carbonyl (C=O) groups excluding carboxylic acids is 1. The largest absolute Gasteiger partial charge is 0.509 e. The summed E-state index contributed by atoms with van der Waals surface area (Å²) < 4.78 is 55.8. The van der Waals surface area contributed by atoms with Crippen LogP contribution in [0.25, 0.3) is 11.2 Å². The lowest BCUT2D eigenvalue weighted by atomic mass is 10.1. The Hall–Kier alpha value is -3.40. The molecule has 2 saturated heterocycles. The van der Waals surface area contributed by atoms with Gasteiger partial charge in [0, 0.05) is 37.2 Å². The Morgan fingerprint density at radius 1 is 1.21 bits per heavy atom. The van der Waals surface area contributed by atoms with E-state index < -0.39 is 92.4 Å². The van der Waals surface area contributed by atoms with Crippen molar-refractivity contribution in [1.82, 2.24) is 29.1 Å². The van der Waals surface area contributed by atoms with Crippen molar-refractivity contribution in [2.45, 2.75) is 69.3 Å². The van der Waals surface area contributed by atoms with Gasteiger partial charge in [-0.3, -0.25) is 28.0 Å². The van der Waals surface area contributed by atoms with Crippen LogP contribution in [0.5, 0.6) is 0 Å². The molecule has 3 aromatic heterocycles. The number of hydrogen-bond acceptors (Lipinski definition) is 18. The summed E-state index contributed by atoms with van der Waals surface area (Å²) in [5.74, 6) is -0.375. The molecule has 0 spiro atoms. The van der Waals surface area contributed by atoms with Crippen molar-refractivity contribution in [3.05, 3.63) is 45.8 Å². The maximum Gasteiger partial charge on any atom is 0.509 e. The molecule has 5 heterocycles. The molecule has 0 aliphatic carbocycles. The molecule has 2 aliphatic heterocycles. The van der Waals surface area contributed by atoms with Crippen LogP contribution >= 0.6 is 18.2 Å². The molecule has 2 unspecified atom stereocenters. The van der Waals surface area contributed by atoms with Gasteiger partial charge in [0.2, 0.25) is 0 Å².